The molecule has 2 aromatic rings. The van der Waals surface area contributed by atoms with Crippen molar-refractivity contribution in [3.63, 3.8) is 0 Å². The maximum atomic E-state index is 11.9. The summed E-state index contributed by atoms with van der Waals surface area (Å²) in [4.78, 5) is 11.9. The van der Waals surface area contributed by atoms with Crippen LogP contribution in [0.3, 0.4) is 0 Å². The molecule has 0 aliphatic heterocycles. The second-order valence-electron chi connectivity index (χ2n) is 4.64. The van der Waals surface area contributed by atoms with Crippen molar-refractivity contribution in [1.29, 1.82) is 0 Å². The van der Waals surface area contributed by atoms with Gasteiger partial charge in [-0.1, -0.05) is 24.3 Å². The Bertz CT molecular complexity index is 623. The van der Waals surface area contributed by atoms with Crippen molar-refractivity contribution in [1.82, 2.24) is 5.32 Å². The van der Waals surface area contributed by atoms with Gasteiger partial charge in [0, 0.05) is 12.1 Å². The third-order valence-electron chi connectivity index (χ3n) is 3.18. The Morgan fingerprint density at radius 1 is 1.10 bits per heavy atom. The molecule has 0 aliphatic rings. The molecule has 0 saturated carbocycles. The number of aromatic hydroxyl groups is 2. The Balaban J connectivity index is 1.92. The minimum Gasteiger partial charge on any atom is -0.504 e. The third kappa shape index (κ3) is 3.29. The SMILES string of the molecule is Cc1ccccc1CCNC(=O)c1ccc(O)c(O)c1. The quantitative estimate of drug-likeness (QED) is 0.748. The highest BCUT2D eigenvalue weighted by Gasteiger charge is 2.08. The zero-order chi connectivity index (χ0) is 14.5. The van der Waals surface area contributed by atoms with Crippen LogP contribution in [0.25, 0.3) is 0 Å². The van der Waals surface area contributed by atoms with Crippen molar-refractivity contribution in [3.8, 4) is 11.5 Å². The summed E-state index contributed by atoms with van der Waals surface area (Å²) in [5.41, 5.74) is 2.72. The number of nitrogens with one attached hydrogen (secondary N) is 1. The summed E-state index contributed by atoms with van der Waals surface area (Å²) in [5.74, 6) is -0.799. The van der Waals surface area contributed by atoms with E-state index in [0.29, 0.717) is 12.1 Å². The highest BCUT2D eigenvalue weighted by Crippen LogP contribution is 2.24. The van der Waals surface area contributed by atoms with Gasteiger partial charge in [-0.3, -0.25) is 4.79 Å². The molecule has 0 bridgehead atoms. The molecule has 4 heteroatoms. The van der Waals surface area contributed by atoms with E-state index in [0.717, 1.165) is 6.42 Å². The molecule has 0 aliphatic carbocycles. The molecular formula is C16H17NO3. The summed E-state index contributed by atoms with van der Waals surface area (Å²) in [6.45, 7) is 2.56. The molecule has 4 nitrogen and oxygen atoms in total. The first-order valence-corrected chi connectivity index (χ1v) is 6.42. The number of hydrogen-bond acceptors (Lipinski definition) is 3. The first-order valence-electron chi connectivity index (χ1n) is 6.42. The van der Waals surface area contributed by atoms with E-state index in [1.165, 1.54) is 29.3 Å². The molecule has 1 amide bonds. The molecule has 0 spiro atoms. The lowest BCUT2D eigenvalue weighted by Crippen LogP contribution is -2.25. The number of phenols is 2. The van der Waals surface area contributed by atoms with Gasteiger partial charge in [0.2, 0.25) is 0 Å². The van der Waals surface area contributed by atoms with E-state index in [1.807, 2.05) is 31.2 Å². The zero-order valence-corrected chi connectivity index (χ0v) is 11.3. The van der Waals surface area contributed by atoms with E-state index < -0.39 is 0 Å². The predicted octanol–water partition coefficient (Wildman–Crippen LogP) is 2.38. The molecular weight excluding hydrogens is 254 g/mol. The van der Waals surface area contributed by atoms with Gasteiger partial charge < -0.3 is 15.5 Å². The highest BCUT2D eigenvalue weighted by atomic mass is 16.3. The minimum atomic E-state index is -0.295. The number of amides is 1. The van der Waals surface area contributed by atoms with Crippen molar-refractivity contribution < 1.29 is 15.0 Å². The second kappa shape index (κ2) is 6.10. The lowest BCUT2D eigenvalue weighted by atomic mass is 10.1. The largest absolute Gasteiger partial charge is 0.504 e. The van der Waals surface area contributed by atoms with Crippen molar-refractivity contribution >= 4 is 5.91 Å². The first-order chi connectivity index (χ1) is 9.58. The number of rotatable bonds is 4. The van der Waals surface area contributed by atoms with Crippen LogP contribution in [0.5, 0.6) is 11.5 Å². The van der Waals surface area contributed by atoms with Crippen LogP contribution < -0.4 is 5.32 Å². The summed E-state index contributed by atoms with van der Waals surface area (Å²) < 4.78 is 0. The van der Waals surface area contributed by atoms with Crippen molar-refractivity contribution in [3.05, 3.63) is 59.2 Å². The summed E-state index contributed by atoms with van der Waals surface area (Å²) in [6.07, 6.45) is 0.752. The molecule has 0 unspecified atom stereocenters. The van der Waals surface area contributed by atoms with E-state index in [-0.39, 0.29) is 17.4 Å². The van der Waals surface area contributed by atoms with Gasteiger partial charge in [-0.2, -0.15) is 0 Å². The number of benzene rings is 2. The average Bonchev–Trinajstić information content (AvgIpc) is 2.44. The van der Waals surface area contributed by atoms with Crippen molar-refractivity contribution in [2.75, 3.05) is 6.54 Å². The Labute approximate surface area is 117 Å². The van der Waals surface area contributed by atoms with Crippen molar-refractivity contribution in [2.24, 2.45) is 0 Å². The van der Waals surface area contributed by atoms with Crippen LogP contribution >= 0.6 is 0 Å². The van der Waals surface area contributed by atoms with E-state index in [9.17, 15) is 15.0 Å². The number of phenolic OH excluding ortho intramolecular Hbond substituents is 2. The van der Waals surface area contributed by atoms with E-state index in [1.54, 1.807) is 0 Å². The third-order valence-corrected chi connectivity index (χ3v) is 3.18. The van der Waals surface area contributed by atoms with E-state index in [2.05, 4.69) is 5.32 Å². The van der Waals surface area contributed by atoms with Gasteiger partial charge in [0.15, 0.2) is 11.5 Å². The molecule has 0 radical (unpaired) electrons. The molecule has 0 atom stereocenters. The standard InChI is InChI=1S/C16H17NO3/c1-11-4-2-3-5-12(11)8-9-17-16(20)13-6-7-14(18)15(19)10-13/h2-7,10,18-19H,8-9H2,1H3,(H,17,20). The second-order valence-corrected chi connectivity index (χ2v) is 4.64. The molecule has 104 valence electrons. The van der Waals surface area contributed by atoms with Crippen molar-refractivity contribution in [2.45, 2.75) is 13.3 Å². The topological polar surface area (TPSA) is 69.6 Å². The van der Waals surface area contributed by atoms with Crippen LogP contribution in [-0.4, -0.2) is 22.7 Å². The lowest BCUT2D eigenvalue weighted by Gasteiger charge is -2.08. The van der Waals surface area contributed by atoms with E-state index in [4.69, 9.17) is 0 Å². The van der Waals surface area contributed by atoms with Crippen LogP contribution in [-0.2, 0) is 6.42 Å². The Kier molecular flexibility index (Phi) is 4.25. The monoisotopic (exact) mass is 271 g/mol. The van der Waals surface area contributed by atoms with Gasteiger partial charge >= 0.3 is 0 Å². The lowest BCUT2D eigenvalue weighted by molar-refractivity contribution is 0.0953. The Hall–Kier alpha value is -2.49. The van der Waals surface area contributed by atoms with E-state index >= 15 is 0 Å². The number of aryl methyl sites for hydroxylation is 1. The molecule has 0 aromatic heterocycles. The summed E-state index contributed by atoms with van der Waals surface area (Å²) >= 11 is 0. The number of carbonyl (C=O) groups is 1. The number of carbonyl (C=O) groups excluding carboxylic acids is 1. The van der Waals surface area contributed by atoms with Crippen LogP contribution in [0.15, 0.2) is 42.5 Å². The summed E-state index contributed by atoms with van der Waals surface area (Å²) in [6, 6.07) is 12.0. The maximum Gasteiger partial charge on any atom is 0.251 e. The fourth-order valence-electron chi connectivity index (χ4n) is 1.97. The van der Waals surface area contributed by atoms with Gasteiger partial charge in [-0.05, 0) is 42.7 Å². The minimum absolute atomic E-state index is 0.235. The highest BCUT2D eigenvalue weighted by molar-refractivity contribution is 5.94. The Morgan fingerprint density at radius 2 is 1.85 bits per heavy atom. The zero-order valence-electron chi connectivity index (χ0n) is 11.3. The molecule has 20 heavy (non-hydrogen) atoms. The van der Waals surface area contributed by atoms with Gasteiger partial charge in [0.1, 0.15) is 0 Å². The number of hydrogen-bond donors (Lipinski definition) is 3. The molecule has 0 saturated heterocycles. The predicted molar refractivity (Wildman–Crippen MR) is 77.0 cm³/mol. The summed E-state index contributed by atoms with van der Waals surface area (Å²) in [7, 11) is 0. The molecule has 2 aromatic carbocycles. The van der Waals surface area contributed by atoms with Gasteiger partial charge in [0.25, 0.3) is 5.91 Å². The molecule has 0 fully saturated rings. The normalized spacial score (nSPS) is 10.2. The van der Waals surface area contributed by atoms with Crippen LogP contribution in [0.4, 0.5) is 0 Å². The molecule has 3 N–H and O–H groups in total. The molecule has 2 rings (SSSR count). The fraction of sp³-hybridized carbons (Fsp3) is 0.188. The Morgan fingerprint density at radius 3 is 2.55 bits per heavy atom. The van der Waals surface area contributed by atoms with Gasteiger partial charge in [-0.25, -0.2) is 0 Å². The first kappa shape index (κ1) is 13.9. The van der Waals surface area contributed by atoms with Crippen LogP contribution in [0, 0.1) is 6.92 Å². The van der Waals surface area contributed by atoms with Crippen LogP contribution in [0.1, 0.15) is 21.5 Å². The summed E-state index contributed by atoms with van der Waals surface area (Å²) in [5, 5.41) is 21.3. The fourth-order valence-corrected chi connectivity index (χ4v) is 1.97. The average molecular weight is 271 g/mol. The smallest absolute Gasteiger partial charge is 0.251 e. The maximum absolute atomic E-state index is 11.9. The van der Waals surface area contributed by atoms with Gasteiger partial charge in [-0.15, -0.1) is 0 Å². The van der Waals surface area contributed by atoms with Crippen LogP contribution in [0.2, 0.25) is 0 Å². The van der Waals surface area contributed by atoms with Gasteiger partial charge in [0.05, 0.1) is 0 Å². The molecule has 0 heterocycles.